The van der Waals surface area contributed by atoms with Gasteiger partial charge in [-0.05, 0) is 35.7 Å². The molecule has 2 N–H and O–H groups in total. The molecule has 1 atom stereocenters. The molecule has 1 unspecified atom stereocenters. The van der Waals surface area contributed by atoms with E-state index in [4.69, 9.17) is 18.5 Å². The number of benzene rings is 2. The number of carbonyl (C=O) groups excluding carboxylic acids is 4. The van der Waals surface area contributed by atoms with Crippen molar-refractivity contribution in [2.45, 2.75) is 37.8 Å². The summed E-state index contributed by atoms with van der Waals surface area (Å²) in [6.45, 7) is -3.23. The van der Waals surface area contributed by atoms with Crippen LogP contribution in [0.4, 0.5) is 8.78 Å². The minimum absolute atomic E-state index is 0.0316. The first-order chi connectivity index (χ1) is 17.2. The molecular weight excluding hydrogens is 444 g/mol. The van der Waals surface area contributed by atoms with E-state index in [2.05, 4.69) is 5.32 Å². The number of amides is 4. The van der Waals surface area contributed by atoms with E-state index < -0.39 is 65.0 Å². The Morgan fingerprint density at radius 2 is 2.09 bits per heavy atom. The number of hydrogen-bond acceptors (Lipinski definition) is 4. The summed E-state index contributed by atoms with van der Waals surface area (Å²) in [6, 6.07) is 2.26. The van der Waals surface area contributed by atoms with E-state index in [1.807, 2.05) is 0 Å². The van der Waals surface area contributed by atoms with Gasteiger partial charge in [-0.1, -0.05) is 35.8 Å². The van der Waals surface area contributed by atoms with Gasteiger partial charge < -0.3 is 10.2 Å². The van der Waals surface area contributed by atoms with Crippen molar-refractivity contribution in [3.8, 4) is 0 Å². The summed E-state index contributed by atoms with van der Waals surface area (Å²) in [5, 5.41) is 1.30. The SMILES string of the molecule is [2H]c1c(Cl)ccc(C(F)(F)C(=O)N([2H])C([2H])([2H])c2ccc3c(c2)CN(C2CCC(=O)NC2=O)C3=O)c1[2H]. The lowest BCUT2D eigenvalue weighted by Gasteiger charge is -2.29. The third-order valence-corrected chi connectivity index (χ3v) is 5.35. The highest BCUT2D eigenvalue weighted by Gasteiger charge is 2.41. The van der Waals surface area contributed by atoms with Crippen molar-refractivity contribution in [1.82, 2.24) is 15.5 Å². The fraction of sp³-hybridized carbons (Fsp3) is 0.273. The molecule has 0 aliphatic carbocycles. The van der Waals surface area contributed by atoms with Gasteiger partial charge in [0.2, 0.25) is 11.8 Å². The average molecular weight is 467 g/mol. The number of carbonyl (C=O) groups is 4. The Labute approximate surface area is 193 Å². The van der Waals surface area contributed by atoms with E-state index in [9.17, 15) is 28.0 Å². The highest BCUT2D eigenvalue weighted by Crippen LogP contribution is 2.30. The van der Waals surface area contributed by atoms with Crippen LogP contribution in [-0.2, 0) is 33.3 Å². The van der Waals surface area contributed by atoms with E-state index in [-0.39, 0.29) is 41.1 Å². The monoisotopic (exact) mass is 466 g/mol. The zero-order valence-electron chi connectivity index (χ0n) is 21.2. The Hall–Kier alpha value is -3.33. The number of fused-ring (bicyclic) bond motifs is 1. The number of nitrogens with one attached hydrogen (secondary N) is 2. The average Bonchev–Trinajstić information content (AvgIpc) is 3.16. The molecule has 32 heavy (non-hydrogen) atoms. The van der Waals surface area contributed by atoms with Gasteiger partial charge in [0.15, 0.2) is 1.41 Å². The van der Waals surface area contributed by atoms with E-state index in [1.54, 1.807) is 0 Å². The van der Waals surface area contributed by atoms with Crippen LogP contribution in [-0.4, -0.2) is 34.6 Å². The van der Waals surface area contributed by atoms with Crippen LogP contribution in [0.3, 0.4) is 0 Å². The summed E-state index contributed by atoms with van der Waals surface area (Å²) in [5.74, 6) is -8.46. The summed E-state index contributed by atoms with van der Waals surface area (Å²) in [4.78, 5) is 50.2. The second-order valence-corrected chi connectivity index (χ2v) is 7.63. The van der Waals surface area contributed by atoms with Crippen LogP contribution in [0.1, 0.15) is 45.4 Å². The molecule has 0 saturated carbocycles. The zero-order chi connectivity index (χ0) is 27.4. The van der Waals surface area contributed by atoms with Crippen LogP contribution in [0.25, 0.3) is 0 Å². The Morgan fingerprint density at radius 1 is 1.31 bits per heavy atom. The normalized spacial score (nSPS) is 21.1. The van der Waals surface area contributed by atoms with Crippen molar-refractivity contribution in [2.75, 3.05) is 0 Å². The van der Waals surface area contributed by atoms with Gasteiger partial charge in [0.25, 0.3) is 11.8 Å². The molecule has 7 nitrogen and oxygen atoms in total. The van der Waals surface area contributed by atoms with Gasteiger partial charge in [0.05, 0.1) is 5.48 Å². The molecule has 0 aromatic heterocycles. The molecule has 2 aromatic rings. The fourth-order valence-electron chi connectivity index (χ4n) is 3.49. The fourth-order valence-corrected chi connectivity index (χ4v) is 3.60. The van der Waals surface area contributed by atoms with Gasteiger partial charge >= 0.3 is 5.92 Å². The van der Waals surface area contributed by atoms with Crippen LogP contribution in [0.2, 0.25) is 6.43 Å². The maximum Gasteiger partial charge on any atom is 0.349 e. The lowest BCUT2D eigenvalue weighted by Crippen LogP contribution is -2.52. The first-order valence-corrected chi connectivity index (χ1v) is 9.81. The minimum Gasteiger partial charge on any atom is -0.346 e. The third kappa shape index (κ3) is 4.08. The first kappa shape index (κ1) is 16.3. The molecule has 0 bridgehead atoms. The van der Waals surface area contributed by atoms with Crippen molar-refractivity contribution in [2.24, 2.45) is 0 Å². The largest absolute Gasteiger partial charge is 0.349 e. The second kappa shape index (κ2) is 8.31. The molecule has 1 fully saturated rings. The smallest absolute Gasteiger partial charge is 0.346 e. The van der Waals surface area contributed by atoms with E-state index in [0.717, 1.165) is 18.2 Å². The number of piperidine rings is 1. The second-order valence-electron chi connectivity index (χ2n) is 7.22. The van der Waals surface area contributed by atoms with Crippen LogP contribution in [0.15, 0.2) is 42.4 Å². The van der Waals surface area contributed by atoms with Crippen molar-refractivity contribution in [3.63, 3.8) is 0 Å². The summed E-state index contributed by atoms with van der Waals surface area (Å²) >= 11 is 5.65. The van der Waals surface area contributed by atoms with Crippen molar-refractivity contribution in [1.29, 1.82) is 0 Å². The van der Waals surface area contributed by atoms with Crippen molar-refractivity contribution >= 4 is 35.2 Å². The summed E-state index contributed by atoms with van der Waals surface area (Å²) < 4.78 is 69.6. The van der Waals surface area contributed by atoms with Crippen LogP contribution < -0.4 is 10.6 Å². The molecule has 166 valence electrons. The zero-order valence-corrected chi connectivity index (χ0v) is 17.0. The standard InChI is InChI=1S/C22H18ClF2N3O4/c23-15-4-2-14(3-5-15)22(24,25)21(32)26-10-12-1-6-16-13(9-12)11-28(20(16)31)17-7-8-18(29)27-19(17)30/h1-6,9,17H,7-8,10-11H2,(H,26,32)(H,27,29,30)/i2D,4D,10D2/hD. The minimum atomic E-state index is -4.53. The first-order valence-electron chi connectivity index (χ1n) is 11.9. The van der Waals surface area contributed by atoms with Gasteiger partial charge in [0.1, 0.15) is 6.04 Å². The number of nitrogens with zero attached hydrogens (tertiary/aromatic N) is 1. The highest BCUT2D eigenvalue weighted by molar-refractivity contribution is 6.30. The molecule has 2 aliphatic heterocycles. The number of hydrogen-bond donors (Lipinski definition) is 2. The van der Waals surface area contributed by atoms with E-state index >= 15 is 0 Å². The van der Waals surface area contributed by atoms with Gasteiger partial charge in [-0.25, -0.2) is 0 Å². The van der Waals surface area contributed by atoms with E-state index in [1.165, 1.54) is 11.0 Å². The maximum absolute atomic E-state index is 15.0. The Morgan fingerprint density at radius 3 is 2.84 bits per heavy atom. The third-order valence-electron chi connectivity index (χ3n) is 5.13. The predicted octanol–water partition coefficient (Wildman–Crippen LogP) is 2.51. The molecule has 10 heteroatoms. The van der Waals surface area contributed by atoms with E-state index in [0.29, 0.717) is 6.07 Å². The molecule has 4 rings (SSSR count). The van der Waals surface area contributed by atoms with Crippen LogP contribution >= 0.6 is 11.6 Å². The molecule has 0 radical (unpaired) electrons. The Balaban J connectivity index is 1.60. The Kier molecular flexibility index (Phi) is 4.24. The van der Waals surface area contributed by atoms with Crippen LogP contribution in [0.5, 0.6) is 0 Å². The van der Waals surface area contributed by atoms with Gasteiger partial charge in [0, 0.05) is 35.6 Å². The topological polar surface area (TPSA) is 95.6 Å². The van der Waals surface area contributed by atoms with Gasteiger partial charge in [-0.3, -0.25) is 24.5 Å². The summed E-state index contributed by atoms with van der Waals surface area (Å²) in [6.07, 6.45) is 0.134. The molecular formula is C22H18ClF2N3O4. The lowest BCUT2D eigenvalue weighted by atomic mass is 10.0. The maximum atomic E-state index is 15.0. The highest BCUT2D eigenvalue weighted by atomic mass is 35.5. The molecule has 1 saturated heterocycles. The van der Waals surface area contributed by atoms with Crippen molar-refractivity contribution < 1.29 is 34.9 Å². The summed E-state index contributed by atoms with van der Waals surface area (Å²) in [7, 11) is 0. The molecule has 2 aliphatic rings. The van der Waals surface area contributed by atoms with Gasteiger partial charge in [-0.2, -0.15) is 8.78 Å². The number of halogens is 3. The number of alkyl halides is 2. The number of rotatable bonds is 5. The van der Waals surface area contributed by atoms with Crippen molar-refractivity contribution in [3.05, 3.63) is 69.7 Å². The summed E-state index contributed by atoms with van der Waals surface area (Å²) in [5.41, 5.74) is -1.22. The Bertz CT molecular complexity index is 1360. The predicted molar refractivity (Wildman–Crippen MR) is 110 cm³/mol. The van der Waals surface area contributed by atoms with Gasteiger partial charge in [-0.15, -0.1) is 0 Å². The molecule has 2 heterocycles. The lowest BCUT2D eigenvalue weighted by molar-refractivity contribution is -0.147. The molecule has 4 amide bonds. The quantitative estimate of drug-likeness (QED) is 0.662. The number of imide groups is 1. The molecule has 2 aromatic carbocycles. The molecule has 0 spiro atoms. The van der Waals surface area contributed by atoms with Crippen LogP contribution in [0, 0.1) is 0 Å².